The van der Waals surface area contributed by atoms with Gasteiger partial charge in [0.05, 0.1) is 19.1 Å². The first-order chi connectivity index (χ1) is 13.7. The van der Waals surface area contributed by atoms with Crippen LogP contribution in [0.1, 0.15) is 32.1 Å². The number of aliphatic hydroxyl groups is 1. The summed E-state index contributed by atoms with van der Waals surface area (Å²) in [5.74, 6) is 1.22. The van der Waals surface area contributed by atoms with Crippen molar-refractivity contribution in [1.82, 2.24) is 4.90 Å². The van der Waals surface area contributed by atoms with Crippen LogP contribution < -0.4 is 9.47 Å². The fraction of sp³-hybridized carbons (Fsp3) is 0.591. The second-order valence-corrected chi connectivity index (χ2v) is 8.00. The first kappa shape index (κ1) is 19.3. The molecule has 1 aliphatic carbocycles. The van der Waals surface area contributed by atoms with Crippen LogP contribution in [0.4, 0.5) is 0 Å². The Hall–Kier alpha value is -2.05. The number of carbonyl (C=O) groups is 1. The number of methoxy groups -OCH3 is 1. The third kappa shape index (κ3) is 4.03. The van der Waals surface area contributed by atoms with Crippen molar-refractivity contribution in [3.05, 3.63) is 36.3 Å². The molecule has 0 spiro atoms. The predicted octanol–water partition coefficient (Wildman–Crippen LogP) is 2.76. The molecule has 28 heavy (non-hydrogen) atoms. The zero-order valence-corrected chi connectivity index (χ0v) is 16.4. The number of carbonyl (C=O) groups excluding carboxylic acids is 1. The fourth-order valence-electron chi connectivity index (χ4n) is 4.61. The van der Waals surface area contributed by atoms with Crippen molar-refractivity contribution in [3.63, 3.8) is 0 Å². The standard InChI is InChI=1S/C22H29NO5/c1-26-15-5-7-16(8-6-15)28-20-14-27-22-17(21(20)25)9-10-19(24)18(22)13-23-11-3-2-4-12-23/h5-8,14,17-19,22,24H,2-4,9-13H2,1H3. The average Bonchev–Trinajstić information content (AvgIpc) is 2.73. The maximum absolute atomic E-state index is 13.0. The number of hydrogen-bond donors (Lipinski definition) is 1. The maximum atomic E-state index is 13.0. The molecule has 2 heterocycles. The third-order valence-electron chi connectivity index (χ3n) is 6.20. The second kappa shape index (κ2) is 8.53. The number of ketones is 1. The predicted molar refractivity (Wildman–Crippen MR) is 104 cm³/mol. The first-order valence-electron chi connectivity index (χ1n) is 10.3. The molecule has 1 aromatic rings. The van der Waals surface area contributed by atoms with Gasteiger partial charge in [0.1, 0.15) is 23.9 Å². The molecule has 1 saturated heterocycles. The Kier molecular flexibility index (Phi) is 5.87. The van der Waals surface area contributed by atoms with Crippen LogP contribution in [-0.4, -0.2) is 54.7 Å². The van der Waals surface area contributed by atoms with E-state index in [9.17, 15) is 9.90 Å². The van der Waals surface area contributed by atoms with Gasteiger partial charge in [-0.05, 0) is 63.0 Å². The van der Waals surface area contributed by atoms with Gasteiger partial charge in [-0.2, -0.15) is 0 Å². The van der Waals surface area contributed by atoms with Crippen LogP contribution in [0.15, 0.2) is 36.3 Å². The van der Waals surface area contributed by atoms with Gasteiger partial charge < -0.3 is 24.2 Å². The summed E-state index contributed by atoms with van der Waals surface area (Å²) in [4.78, 5) is 15.4. The first-order valence-corrected chi connectivity index (χ1v) is 10.3. The maximum Gasteiger partial charge on any atom is 0.208 e. The van der Waals surface area contributed by atoms with Gasteiger partial charge in [0.25, 0.3) is 0 Å². The van der Waals surface area contributed by atoms with Gasteiger partial charge in [-0.25, -0.2) is 0 Å². The van der Waals surface area contributed by atoms with Crippen molar-refractivity contribution < 1.29 is 24.1 Å². The average molecular weight is 387 g/mol. The summed E-state index contributed by atoms with van der Waals surface area (Å²) < 4.78 is 16.9. The smallest absolute Gasteiger partial charge is 0.208 e. The van der Waals surface area contributed by atoms with Gasteiger partial charge in [0.2, 0.25) is 11.5 Å². The number of benzene rings is 1. The number of Topliss-reactive ketones (excluding diaryl/α,β-unsaturated/α-hetero) is 1. The normalized spacial score (nSPS) is 30.8. The van der Waals surface area contributed by atoms with Crippen LogP contribution in [-0.2, 0) is 9.53 Å². The summed E-state index contributed by atoms with van der Waals surface area (Å²) in [6.45, 7) is 2.92. The Morgan fingerprint density at radius 2 is 1.82 bits per heavy atom. The summed E-state index contributed by atoms with van der Waals surface area (Å²) >= 11 is 0. The van der Waals surface area contributed by atoms with Crippen molar-refractivity contribution in [3.8, 4) is 11.5 Å². The van der Waals surface area contributed by atoms with Crippen molar-refractivity contribution in [2.24, 2.45) is 11.8 Å². The monoisotopic (exact) mass is 387 g/mol. The lowest BCUT2D eigenvalue weighted by Gasteiger charge is -2.43. The molecule has 4 rings (SSSR count). The highest BCUT2D eigenvalue weighted by atomic mass is 16.5. The lowest BCUT2D eigenvalue weighted by Crippen LogP contribution is -2.52. The molecule has 0 aromatic heterocycles. The highest BCUT2D eigenvalue weighted by Gasteiger charge is 2.47. The number of nitrogens with zero attached hydrogens (tertiary/aromatic N) is 1. The molecule has 0 bridgehead atoms. The Morgan fingerprint density at radius 1 is 1.11 bits per heavy atom. The topological polar surface area (TPSA) is 68.2 Å². The number of aliphatic hydroxyl groups excluding tert-OH is 1. The molecule has 152 valence electrons. The van der Waals surface area contributed by atoms with Crippen LogP contribution >= 0.6 is 0 Å². The highest BCUT2D eigenvalue weighted by molar-refractivity contribution is 5.96. The summed E-state index contributed by atoms with van der Waals surface area (Å²) in [6.07, 6.45) is 5.69. The van der Waals surface area contributed by atoms with Gasteiger partial charge >= 0.3 is 0 Å². The number of allylic oxidation sites excluding steroid dienone is 1. The van der Waals surface area contributed by atoms with Crippen LogP contribution in [0.3, 0.4) is 0 Å². The van der Waals surface area contributed by atoms with E-state index >= 15 is 0 Å². The van der Waals surface area contributed by atoms with Crippen LogP contribution in [0.2, 0.25) is 0 Å². The van der Waals surface area contributed by atoms with Crippen molar-refractivity contribution in [1.29, 1.82) is 0 Å². The second-order valence-electron chi connectivity index (χ2n) is 8.00. The Bertz CT molecular complexity index is 710. The number of hydrogen-bond acceptors (Lipinski definition) is 6. The van der Waals surface area contributed by atoms with E-state index in [2.05, 4.69) is 4.90 Å². The number of piperidine rings is 1. The third-order valence-corrected chi connectivity index (χ3v) is 6.20. The molecule has 6 nitrogen and oxygen atoms in total. The van der Waals surface area contributed by atoms with E-state index in [-0.39, 0.29) is 29.5 Å². The molecule has 3 aliphatic rings. The number of ether oxygens (including phenoxy) is 3. The summed E-state index contributed by atoms with van der Waals surface area (Å²) in [5, 5.41) is 10.6. The Balaban J connectivity index is 1.46. The SMILES string of the molecule is COc1ccc(OC2=COC3C(CCC(O)C3CN3CCCCC3)C2=O)cc1. The quantitative estimate of drug-likeness (QED) is 0.838. The number of likely N-dealkylation sites (tertiary alicyclic amines) is 1. The van der Waals surface area contributed by atoms with Gasteiger partial charge in [-0.1, -0.05) is 6.42 Å². The lowest BCUT2D eigenvalue weighted by molar-refractivity contribution is -0.140. The van der Waals surface area contributed by atoms with Gasteiger partial charge in [0, 0.05) is 12.5 Å². The molecule has 4 unspecified atom stereocenters. The zero-order chi connectivity index (χ0) is 19.5. The van der Waals surface area contributed by atoms with Crippen molar-refractivity contribution >= 4 is 5.78 Å². The van der Waals surface area contributed by atoms with E-state index < -0.39 is 6.10 Å². The van der Waals surface area contributed by atoms with E-state index in [0.717, 1.165) is 25.4 Å². The molecular weight excluding hydrogens is 358 g/mol. The molecule has 2 fully saturated rings. The largest absolute Gasteiger partial charge is 0.497 e. The van der Waals surface area contributed by atoms with Crippen molar-refractivity contribution in [2.75, 3.05) is 26.7 Å². The number of fused-ring (bicyclic) bond motifs is 1. The molecule has 6 heteroatoms. The molecule has 0 amide bonds. The fourth-order valence-corrected chi connectivity index (χ4v) is 4.61. The minimum atomic E-state index is -0.423. The minimum Gasteiger partial charge on any atom is -0.497 e. The van der Waals surface area contributed by atoms with E-state index in [1.54, 1.807) is 31.4 Å². The summed E-state index contributed by atoms with van der Waals surface area (Å²) in [5.41, 5.74) is 0. The van der Waals surface area contributed by atoms with Crippen LogP contribution in [0.5, 0.6) is 11.5 Å². The molecule has 1 aromatic carbocycles. The Labute approximate surface area is 166 Å². The van der Waals surface area contributed by atoms with E-state index in [4.69, 9.17) is 14.2 Å². The van der Waals surface area contributed by atoms with Gasteiger partial charge in [-0.15, -0.1) is 0 Å². The molecule has 2 aliphatic heterocycles. The lowest BCUT2D eigenvalue weighted by atomic mass is 9.73. The van der Waals surface area contributed by atoms with E-state index in [1.165, 1.54) is 25.5 Å². The molecular formula is C22H29NO5. The molecule has 1 N–H and O–H groups in total. The van der Waals surface area contributed by atoms with Crippen LogP contribution in [0.25, 0.3) is 0 Å². The van der Waals surface area contributed by atoms with E-state index in [0.29, 0.717) is 18.6 Å². The van der Waals surface area contributed by atoms with Crippen LogP contribution in [0, 0.1) is 11.8 Å². The van der Waals surface area contributed by atoms with Gasteiger partial charge in [-0.3, -0.25) is 4.79 Å². The van der Waals surface area contributed by atoms with Gasteiger partial charge in [0.15, 0.2) is 0 Å². The molecule has 0 radical (unpaired) electrons. The Morgan fingerprint density at radius 3 is 2.54 bits per heavy atom. The molecule has 4 atom stereocenters. The molecule has 1 saturated carbocycles. The number of rotatable bonds is 5. The summed E-state index contributed by atoms with van der Waals surface area (Å²) in [6, 6.07) is 7.11. The van der Waals surface area contributed by atoms with Crippen molar-refractivity contribution in [2.45, 2.75) is 44.3 Å². The summed E-state index contributed by atoms with van der Waals surface area (Å²) in [7, 11) is 1.61. The van der Waals surface area contributed by atoms with E-state index in [1.807, 2.05) is 0 Å². The highest BCUT2D eigenvalue weighted by Crippen LogP contribution is 2.38. The zero-order valence-electron chi connectivity index (χ0n) is 16.4. The minimum absolute atomic E-state index is 0.0254.